The van der Waals surface area contributed by atoms with Gasteiger partial charge in [0.1, 0.15) is 0 Å². The third-order valence-electron chi connectivity index (χ3n) is 3.03. The van der Waals surface area contributed by atoms with E-state index < -0.39 is 0 Å². The minimum atomic E-state index is 0.0501. The van der Waals surface area contributed by atoms with Crippen molar-refractivity contribution in [2.75, 3.05) is 0 Å². The first kappa shape index (κ1) is 14.6. The van der Waals surface area contributed by atoms with E-state index in [0.717, 1.165) is 10.0 Å². The Kier molecular flexibility index (Phi) is 4.71. The van der Waals surface area contributed by atoms with E-state index in [1.165, 1.54) is 20.9 Å². The zero-order chi connectivity index (χ0) is 14.0. The lowest BCUT2D eigenvalue weighted by Crippen LogP contribution is -2.05. The second-order valence-electron chi connectivity index (χ2n) is 4.84. The van der Waals surface area contributed by atoms with E-state index >= 15 is 0 Å². The summed E-state index contributed by atoms with van der Waals surface area (Å²) in [4.78, 5) is 2.53. The van der Waals surface area contributed by atoms with Crippen molar-refractivity contribution in [2.45, 2.75) is 36.6 Å². The van der Waals surface area contributed by atoms with Gasteiger partial charge in [0.2, 0.25) is 0 Å². The Morgan fingerprint density at radius 2 is 1.84 bits per heavy atom. The van der Waals surface area contributed by atoms with Gasteiger partial charge in [-0.1, -0.05) is 45.9 Å². The van der Waals surface area contributed by atoms with Gasteiger partial charge in [0.15, 0.2) is 0 Å². The van der Waals surface area contributed by atoms with Crippen LogP contribution in [0.4, 0.5) is 0 Å². The standard InChI is InChI=1S/C16H18BrNS/c1-10-4-5-11(2)16(8-10)19-13-6-7-14(12(3)18)15(17)9-13/h4-9,12H,18H2,1-3H3. The van der Waals surface area contributed by atoms with E-state index in [2.05, 4.69) is 66.2 Å². The predicted molar refractivity (Wildman–Crippen MR) is 86.8 cm³/mol. The van der Waals surface area contributed by atoms with Crippen molar-refractivity contribution in [3.05, 3.63) is 57.6 Å². The number of benzene rings is 2. The van der Waals surface area contributed by atoms with Crippen LogP contribution in [-0.4, -0.2) is 0 Å². The van der Waals surface area contributed by atoms with Gasteiger partial charge in [-0.2, -0.15) is 0 Å². The smallest absolute Gasteiger partial charge is 0.0277 e. The van der Waals surface area contributed by atoms with E-state index in [9.17, 15) is 0 Å². The van der Waals surface area contributed by atoms with Gasteiger partial charge in [-0.15, -0.1) is 0 Å². The summed E-state index contributed by atoms with van der Waals surface area (Å²) in [7, 11) is 0. The molecule has 100 valence electrons. The lowest BCUT2D eigenvalue weighted by molar-refractivity contribution is 0.811. The first-order valence-corrected chi connectivity index (χ1v) is 7.88. The molecule has 1 nitrogen and oxygen atoms in total. The molecule has 0 aromatic heterocycles. The summed E-state index contributed by atoms with van der Waals surface area (Å²) in [5.41, 5.74) is 9.67. The average molecular weight is 336 g/mol. The maximum atomic E-state index is 5.92. The van der Waals surface area contributed by atoms with Crippen molar-refractivity contribution in [2.24, 2.45) is 5.73 Å². The Labute approximate surface area is 127 Å². The summed E-state index contributed by atoms with van der Waals surface area (Å²) in [6.45, 7) is 6.27. The summed E-state index contributed by atoms with van der Waals surface area (Å²) in [5, 5.41) is 0. The zero-order valence-electron chi connectivity index (χ0n) is 11.4. The fourth-order valence-electron chi connectivity index (χ4n) is 1.88. The molecule has 0 bridgehead atoms. The topological polar surface area (TPSA) is 26.0 Å². The summed E-state index contributed by atoms with van der Waals surface area (Å²) in [6, 6.07) is 13.0. The van der Waals surface area contributed by atoms with Crippen LogP contribution in [0.2, 0.25) is 0 Å². The van der Waals surface area contributed by atoms with Gasteiger partial charge in [-0.25, -0.2) is 0 Å². The van der Waals surface area contributed by atoms with Crippen molar-refractivity contribution in [3.8, 4) is 0 Å². The highest BCUT2D eigenvalue weighted by Crippen LogP contribution is 2.34. The molecule has 0 aliphatic heterocycles. The minimum Gasteiger partial charge on any atom is -0.324 e. The molecule has 0 aliphatic rings. The van der Waals surface area contributed by atoms with Gasteiger partial charge in [-0.3, -0.25) is 0 Å². The van der Waals surface area contributed by atoms with Crippen LogP contribution in [-0.2, 0) is 0 Å². The first-order valence-electron chi connectivity index (χ1n) is 6.27. The lowest BCUT2D eigenvalue weighted by Gasteiger charge is -2.11. The molecular formula is C16H18BrNS. The maximum absolute atomic E-state index is 5.92. The van der Waals surface area contributed by atoms with Crippen molar-refractivity contribution in [1.29, 1.82) is 0 Å². The summed E-state index contributed by atoms with van der Waals surface area (Å²) >= 11 is 5.39. The molecule has 0 aliphatic carbocycles. The first-order chi connectivity index (χ1) is 8.97. The molecule has 0 radical (unpaired) electrons. The summed E-state index contributed by atoms with van der Waals surface area (Å²) in [6.07, 6.45) is 0. The van der Waals surface area contributed by atoms with E-state index in [1.54, 1.807) is 11.8 Å². The van der Waals surface area contributed by atoms with Crippen LogP contribution >= 0.6 is 27.7 Å². The van der Waals surface area contributed by atoms with Gasteiger partial charge in [0.25, 0.3) is 0 Å². The molecule has 2 aromatic rings. The Bertz CT molecular complexity index is 593. The fourth-order valence-corrected chi connectivity index (χ4v) is 3.82. The molecular weight excluding hydrogens is 318 g/mol. The molecule has 0 heterocycles. The van der Waals surface area contributed by atoms with Crippen LogP contribution in [0, 0.1) is 13.8 Å². The molecule has 0 saturated carbocycles. The number of halogens is 1. The second-order valence-corrected chi connectivity index (χ2v) is 6.81. The van der Waals surface area contributed by atoms with E-state index in [4.69, 9.17) is 5.73 Å². The quantitative estimate of drug-likeness (QED) is 0.830. The SMILES string of the molecule is Cc1ccc(C)c(Sc2ccc(C(C)N)c(Br)c2)c1. The van der Waals surface area contributed by atoms with Crippen molar-refractivity contribution in [1.82, 2.24) is 0 Å². The minimum absolute atomic E-state index is 0.0501. The summed E-state index contributed by atoms with van der Waals surface area (Å²) < 4.78 is 1.08. The monoisotopic (exact) mass is 335 g/mol. The van der Waals surface area contributed by atoms with Crippen molar-refractivity contribution >= 4 is 27.7 Å². The maximum Gasteiger partial charge on any atom is 0.0277 e. The molecule has 3 heteroatoms. The number of aryl methyl sites for hydroxylation is 2. The van der Waals surface area contributed by atoms with Gasteiger partial charge in [0, 0.05) is 20.3 Å². The highest BCUT2D eigenvalue weighted by Gasteiger charge is 2.07. The van der Waals surface area contributed by atoms with Crippen molar-refractivity contribution in [3.63, 3.8) is 0 Å². The molecule has 0 fully saturated rings. The van der Waals surface area contributed by atoms with Crippen LogP contribution in [0.25, 0.3) is 0 Å². The van der Waals surface area contributed by atoms with E-state index in [0.29, 0.717) is 0 Å². The average Bonchev–Trinajstić information content (AvgIpc) is 2.33. The molecule has 2 rings (SSSR count). The van der Waals surface area contributed by atoms with E-state index in [1.807, 2.05) is 6.92 Å². The number of hydrogen-bond acceptors (Lipinski definition) is 2. The van der Waals surface area contributed by atoms with Crippen LogP contribution in [0.15, 0.2) is 50.7 Å². The van der Waals surface area contributed by atoms with Gasteiger partial charge >= 0.3 is 0 Å². The molecule has 0 spiro atoms. The third-order valence-corrected chi connectivity index (χ3v) is 4.87. The highest BCUT2D eigenvalue weighted by molar-refractivity contribution is 9.10. The Morgan fingerprint density at radius 1 is 1.11 bits per heavy atom. The number of rotatable bonds is 3. The summed E-state index contributed by atoms with van der Waals surface area (Å²) in [5.74, 6) is 0. The molecule has 0 saturated heterocycles. The Balaban J connectivity index is 2.29. The second kappa shape index (κ2) is 6.12. The molecule has 1 atom stereocenters. The molecule has 2 N–H and O–H groups in total. The highest BCUT2D eigenvalue weighted by atomic mass is 79.9. The van der Waals surface area contributed by atoms with Crippen LogP contribution in [0.3, 0.4) is 0 Å². The van der Waals surface area contributed by atoms with Gasteiger partial charge in [-0.05, 0) is 55.7 Å². The van der Waals surface area contributed by atoms with E-state index in [-0.39, 0.29) is 6.04 Å². The van der Waals surface area contributed by atoms with Crippen LogP contribution < -0.4 is 5.73 Å². The van der Waals surface area contributed by atoms with Crippen LogP contribution in [0.1, 0.15) is 29.7 Å². The Morgan fingerprint density at radius 3 is 2.47 bits per heavy atom. The van der Waals surface area contributed by atoms with Crippen molar-refractivity contribution < 1.29 is 0 Å². The number of nitrogens with two attached hydrogens (primary N) is 1. The normalized spacial score (nSPS) is 12.5. The Hall–Kier alpha value is -0.770. The molecule has 19 heavy (non-hydrogen) atoms. The number of hydrogen-bond donors (Lipinski definition) is 1. The van der Waals surface area contributed by atoms with Gasteiger partial charge < -0.3 is 5.73 Å². The predicted octanol–water partition coefficient (Wildman–Crippen LogP) is 5.24. The molecule has 2 aromatic carbocycles. The third kappa shape index (κ3) is 3.62. The molecule has 1 unspecified atom stereocenters. The van der Waals surface area contributed by atoms with Gasteiger partial charge in [0.05, 0.1) is 0 Å². The largest absolute Gasteiger partial charge is 0.324 e. The van der Waals surface area contributed by atoms with Crippen LogP contribution in [0.5, 0.6) is 0 Å². The molecule has 0 amide bonds. The zero-order valence-corrected chi connectivity index (χ0v) is 13.8. The lowest BCUT2D eigenvalue weighted by atomic mass is 10.1. The fraction of sp³-hybridized carbons (Fsp3) is 0.250.